The fourth-order valence-corrected chi connectivity index (χ4v) is 2.20. The molecule has 1 atom stereocenters. The topological polar surface area (TPSA) is 33.2 Å². The summed E-state index contributed by atoms with van der Waals surface area (Å²) in [7, 11) is 0. The number of pyridine rings is 1. The molecule has 0 aliphatic carbocycles. The lowest BCUT2D eigenvalue weighted by molar-refractivity contribution is -0.122. The van der Waals surface area contributed by atoms with Gasteiger partial charge in [0, 0.05) is 44.4 Å². The molecule has 3 nitrogen and oxygen atoms in total. The number of piperidine rings is 1. The Hall–Kier alpha value is -1.22. The standard InChI is InChI=1S/C13H18N2O/c1-11-10-13(16)5-9-15(11)8-4-12-2-6-14-7-3-12/h2-3,6-7,11H,4-5,8-10H2,1H3. The first-order valence-corrected chi connectivity index (χ1v) is 5.90. The molecule has 16 heavy (non-hydrogen) atoms. The summed E-state index contributed by atoms with van der Waals surface area (Å²) < 4.78 is 0. The van der Waals surface area contributed by atoms with Gasteiger partial charge in [-0.3, -0.25) is 14.7 Å². The zero-order valence-corrected chi connectivity index (χ0v) is 9.72. The molecule has 1 aromatic rings. The number of carbonyl (C=O) groups is 1. The SMILES string of the molecule is CC1CC(=O)CCN1CCc1ccncc1. The Kier molecular flexibility index (Phi) is 3.67. The number of ketones is 1. The number of carbonyl (C=O) groups excluding carboxylic acids is 1. The summed E-state index contributed by atoms with van der Waals surface area (Å²) >= 11 is 0. The van der Waals surface area contributed by atoms with E-state index in [1.165, 1.54) is 5.56 Å². The Morgan fingerprint density at radius 2 is 2.19 bits per heavy atom. The molecule has 2 rings (SSSR count). The summed E-state index contributed by atoms with van der Waals surface area (Å²) in [5, 5.41) is 0. The van der Waals surface area contributed by atoms with Gasteiger partial charge in [-0.05, 0) is 31.0 Å². The highest BCUT2D eigenvalue weighted by Gasteiger charge is 2.22. The molecule has 1 aromatic heterocycles. The van der Waals surface area contributed by atoms with Crippen molar-refractivity contribution in [1.82, 2.24) is 9.88 Å². The largest absolute Gasteiger partial charge is 0.300 e. The van der Waals surface area contributed by atoms with Gasteiger partial charge in [-0.1, -0.05) is 0 Å². The van der Waals surface area contributed by atoms with Gasteiger partial charge in [-0.2, -0.15) is 0 Å². The summed E-state index contributed by atoms with van der Waals surface area (Å²) in [6.07, 6.45) is 6.15. The number of nitrogens with zero attached hydrogens (tertiary/aromatic N) is 2. The molecule has 0 spiro atoms. The highest BCUT2D eigenvalue weighted by Crippen LogP contribution is 2.14. The number of hydrogen-bond acceptors (Lipinski definition) is 3. The second-order valence-corrected chi connectivity index (χ2v) is 4.48. The Morgan fingerprint density at radius 3 is 2.88 bits per heavy atom. The lowest BCUT2D eigenvalue weighted by Gasteiger charge is -2.32. The molecule has 0 amide bonds. The smallest absolute Gasteiger partial charge is 0.135 e. The molecule has 0 saturated carbocycles. The van der Waals surface area contributed by atoms with Crippen molar-refractivity contribution in [2.45, 2.75) is 32.2 Å². The second-order valence-electron chi connectivity index (χ2n) is 4.48. The molecule has 0 bridgehead atoms. The van der Waals surface area contributed by atoms with Crippen molar-refractivity contribution in [3.63, 3.8) is 0 Å². The van der Waals surface area contributed by atoms with Crippen LogP contribution in [0.25, 0.3) is 0 Å². The maximum Gasteiger partial charge on any atom is 0.135 e. The predicted octanol–water partition coefficient (Wildman–Crippen LogP) is 1.68. The average molecular weight is 218 g/mol. The first-order chi connectivity index (χ1) is 7.75. The molecule has 1 saturated heterocycles. The van der Waals surface area contributed by atoms with Gasteiger partial charge in [0.25, 0.3) is 0 Å². The maximum absolute atomic E-state index is 11.3. The van der Waals surface area contributed by atoms with Crippen molar-refractivity contribution in [3.8, 4) is 0 Å². The Bertz CT molecular complexity index is 350. The van der Waals surface area contributed by atoms with Crippen LogP contribution in [0.4, 0.5) is 0 Å². The third-order valence-electron chi connectivity index (χ3n) is 3.26. The molecule has 86 valence electrons. The van der Waals surface area contributed by atoms with E-state index in [1.54, 1.807) is 0 Å². The fraction of sp³-hybridized carbons (Fsp3) is 0.538. The van der Waals surface area contributed by atoms with E-state index in [9.17, 15) is 4.79 Å². The molecule has 1 unspecified atom stereocenters. The lowest BCUT2D eigenvalue weighted by Crippen LogP contribution is -2.41. The first kappa shape index (κ1) is 11.3. The Morgan fingerprint density at radius 1 is 1.44 bits per heavy atom. The second kappa shape index (κ2) is 5.21. The van der Waals surface area contributed by atoms with Gasteiger partial charge in [0.1, 0.15) is 5.78 Å². The van der Waals surface area contributed by atoms with Crippen LogP contribution in [0.2, 0.25) is 0 Å². The van der Waals surface area contributed by atoms with Gasteiger partial charge in [0.15, 0.2) is 0 Å². The van der Waals surface area contributed by atoms with Crippen molar-refractivity contribution >= 4 is 5.78 Å². The van der Waals surface area contributed by atoms with Gasteiger partial charge < -0.3 is 0 Å². The number of rotatable bonds is 3. The van der Waals surface area contributed by atoms with Crippen LogP contribution in [-0.2, 0) is 11.2 Å². The summed E-state index contributed by atoms with van der Waals surface area (Å²) in [5.41, 5.74) is 1.32. The Balaban J connectivity index is 1.84. The number of hydrogen-bond donors (Lipinski definition) is 0. The van der Waals surface area contributed by atoms with Gasteiger partial charge in [0.05, 0.1) is 0 Å². The summed E-state index contributed by atoms with van der Waals surface area (Å²) in [6, 6.07) is 4.52. The number of likely N-dealkylation sites (tertiary alicyclic amines) is 1. The third kappa shape index (κ3) is 2.89. The number of Topliss-reactive ketones (excluding diaryl/α,β-unsaturated/α-hetero) is 1. The van der Waals surface area contributed by atoms with E-state index < -0.39 is 0 Å². The summed E-state index contributed by atoms with van der Waals surface area (Å²) in [6.45, 7) is 4.10. The predicted molar refractivity (Wildman–Crippen MR) is 63.2 cm³/mol. The quantitative estimate of drug-likeness (QED) is 0.774. The highest BCUT2D eigenvalue weighted by molar-refractivity contribution is 5.79. The molecule has 2 heterocycles. The molecule has 0 aromatic carbocycles. The number of aromatic nitrogens is 1. The van der Waals surface area contributed by atoms with Crippen LogP contribution >= 0.6 is 0 Å². The van der Waals surface area contributed by atoms with E-state index in [-0.39, 0.29) is 0 Å². The zero-order valence-electron chi connectivity index (χ0n) is 9.72. The summed E-state index contributed by atoms with van der Waals surface area (Å²) in [5.74, 6) is 0.410. The van der Waals surface area contributed by atoms with E-state index in [0.717, 1.165) is 32.4 Å². The molecule has 0 radical (unpaired) electrons. The van der Waals surface area contributed by atoms with Crippen molar-refractivity contribution in [2.75, 3.05) is 13.1 Å². The van der Waals surface area contributed by atoms with Gasteiger partial charge in [-0.25, -0.2) is 0 Å². The summed E-state index contributed by atoms with van der Waals surface area (Å²) in [4.78, 5) is 17.7. The minimum absolute atomic E-state index is 0.406. The van der Waals surface area contributed by atoms with Crippen LogP contribution in [0.1, 0.15) is 25.3 Å². The van der Waals surface area contributed by atoms with Crippen molar-refractivity contribution < 1.29 is 4.79 Å². The van der Waals surface area contributed by atoms with Gasteiger partial charge in [0.2, 0.25) is 0 Å². The molecular weight excluding hydrogens is 200 g/mol. The van der Waals surface area contributed by atoms with E-state index >= 15 is 0 Å². The van der Waals surface area contributed by atoms with Crippen molar-refractivity contribution in [1.29, 1.82) is 0 Å². The third-order valence-corrected chi connectivity index (χ3v) is 3.26. The van der Waals surface area contributed by atoms with Crippen LogP contribution < -0.4 is 0 Å². The Labute approximate surface area is 96.5 Å². The minimum atomic E-state index is 0.406. The molecule has 1 fully saturated rings. The van der Waals surface area contributed by atoms with Crippen LogP contribution in [0.5, 0.6) is 0 Å². The van der Waals surface area contributed by atoms with Crippen LogP contribution in [0.15, 0.2) is 24.5 Å². The molecule has 1 aliphatic heterocycles. The van der Waals surface area contributed by atoms with Crippen LogP contribution in [0, 0.1) is 0 Å². The minimum Gasteiger partial charge on any atom is -0.300 e. The van der Waals surface area contributed by atoms with Crippen molar-refractivity contribution in [2.24, 2.45) is 0 Å². The van der Waals surface area contributed by atoms with E-state index in [0.29, 0.717) is 11.8 Å². The lowest BCUT2D eigenvalue weighted by atomic mass is 10.0. The van der Waals surface area contributed by atoms with Crippen LogP contribution in [-0.4, -0.2) is 34.8 Å². The highest BCUT2D eigenvalue weighted by atomic mass is 16.1. The average Bonchev–Trinajstić information content (AvgIpc) is 2.29. The zero-order chi connectivity index (χ0) is 11.4. The van der Waals surface area contributed by atoms with Gasteiger partial charge >= 0.3 is 0 Å². The maximum atomic E-state index is 11.3. The molecule has 0 N–H and O–H groups in total. The molecule has 3 heteroatoms. The first-order valence-electron chi connectivity index (χ1n) is 5.90. The van der Waals surface area contributed by atoms with Gasteiger partial charge in [-0.15, -0.1) is 0 Å². The van der Waals surface area contributed by atoms with Crippen molar-refractivity contribution in [3.05, 3.63) is 30.1 Å². The monoisotopic (exact) mass is 218 g/mol. The van der Waals surface area contributed by atoms with Crippen LogP contribution in [0.3, 0.4) is 0 Å². The fourth-order valence-electron chi connectivity index (χ4n) is 2.20. The van der Waals surface area contributed by atoms with E-state index in [1.807, 2.05) is 12.4 Å². The van der Waals surface area contributed by atoms with E-state index in [4.69, 9.17) is 0 Å². The normalized spacial score (nSPS) is 22.3. The molecular formula is C13H18N2O. The van der Waals surface area contributed by atoms with E-state index in [2.05, 4.69) is 28.9 Å². The molecule has 1 aliphatic rings.